The summed E-state index contributed by atoms with van der Waals surface area (Å²) in [6, 6.07) is 7.34. The Bertz CT molecular complexity index is 1270. The number of fused-ring (bicyclic) bond motifs is 1. The van der Waals surface area contributed by atoms with Crippen LogP contribution in [0.2, 0.25) is 0 Å². The SMILES string of the molecule is CCOC(=O)c1ccc(-c2nc3cc(C(=O)N4CCC[C@@H](N)C4)cc(OC)c3n2C)n1CC1CC1. The summed E-state index contributed by atoms with van der Waals surface area (Å²) in [7, 11) is 3.53. The molecule has 9 nitrogen and oxygen atoms in total. The fourth-order valence-corrected chi connectivity index (χ4v) is 5.00. The van der Waals surface area contributed by atoms with Gasteiger partial charge >= 0.3 is 5.97 Å². The standard InChI is InChI=1S/C26H33N5O4/c1-4-35-26(33)21-10-9-20(31(21)14-16-7-8-16)24-28-19-12-17(13-22(34-3)23(19)29(24)2)25(32)30-11-5-6-18(27)15-30/h9-10,12-13,16,18H,4-8,11,14-15,27H2,1-3H3/t18-/m1/s1. The molecule has 2 aliphatic rings. The maximum absolute atomic E-state index is 13.3. The van der Waals surface area contributed by atoms with Crippen molar-refractivity contribution < 1.29 is 19.1 Å². The van der Waals surface area contributed by atoms with Crippen LogP contribution in [0.4, 0.5) is 0 Å². The quantitative estimate of drug-likeness (QED) is 0.522. The minimum absolute atomic E-state index is 0.00706. The summed E-state index contributed by atoms with van der Waals surface area (Å²) in [6.07, 6.45) is 4.15. The fraction of sp³-hybridized carbons (Fsp3) is 0.500. The summed E-state index contributed by atoms with van der Waals surface area (Å²) >= 11 is 0. The Morgan fingerprint density at radius 1 is 1.20 bits per heavy atom. The van der Waals surface area contributed by atoms with Crippen LogP contribution in [0.15, 0.2) is 24.3 Å². The van der Waals surface area contributed by atoms with Crippen LogP contribution < -0.4 is 10.5 Å². The van der Waals surface area contributed by atoms with E-state index < -0.39 is 0 Å². The molecule has 35 heavy (non-hydrogen) atoms. The third-order valence-corrected chi connectivity index (χ3v) is 6.98. The van der Waals surface area contributed by atoms with Crippen molar-refractivity contribution in [1.29, 1.82) is 0 Å². The van der Waals surface area contributed by atoms with Crippen LogP contribution in [0.25, 0.3) is 22.6 Å². The summed E-state index contributed by atoms with van der Waals surface area (Å²) in [5.74, 6) is 1.45. The minimum atomic E-state index is -0.330. The second-order valence-corrected chi connectivity index (χ2v) is 9.57. The Morgan fingerprint density at radius 2 is 2.00 bits per heavy atom. The van der Waals surface area contributed by atoms with E-state index in [1.54, 1.807) is 26.2 Å². The van der Waals surface area contributed by atoms with E-state index in [-0.39, 0.29) is 17.9 Å². The average molecular weight is 480 g/mol. The van der Waals surface area contributed by atoms with Gasteiger partial charge in [-0.2, -0.15) is 0 Å². The minimum Gasteiger partial charge on any atom is -0.494 e. The Labute approximate surface area is 204 Å². The highest BCUT2D eigenvalue weighted by Crippen LogP contribution is 2.36. The molecule has 5 rings (SSSR count). The van der Waals surface area contributed by atoms with Crippen LogP contribution in [0, 0.1) is 5.92 Å². The fourth-order valence-electron chi connectivity index (χ4n) is 5.00. The molecule has 0 spiro atoms. The molecule has 1 aromatic carbocycles. The second kappa shape index (κ2) is 9.37. The van der Waals surface area contributed by atoms with Crippen LogP contribution >= 0.6 is 0 Å². The monoisotopic (exact) mass is 479 g/mol. The second-order valence-electron chi connectivity index (χ2n) is 9.57. The highest BCUT2D eigenvalue weighted by atomic mass is 16.5. The number of benzene rings is 1. The number of ether oxygens (including phenoxy) is 2. The van der Waals surface area contributed by atoms with Gasteiger partial charge in [-0.1, -0.05) is 0 Å². The molecule has 3 aromatic rings. The maximum atomic E-state index is 13.3. The number of nitrogens with two attached hydrogens (primary N) is 1. The highest BCUT2D eigenvalue weighted by molar-refractivity contribution is 6.00. The molecule has 1 saturated carbocycles. The molecule has 1 saturated heterocycles. The molecule has 2 aromatic heterocycles. The number of hydrogen-bond acceptors (Lipinski definition) is 6. The van der Waals surface area contributed by atoms with Gasteiger partial charge in [0.2, 0.25) is 0 Å². The molecule has 186 valence electrons. The number of imidazole rings is 1. The number of carbonyl (C=O) groups is 2. The van der Waals surface area contributed by atoms with Crippen molar-refractivity contribution in [3.8, 4) is 17.3 Å². The lowest BCUT2D eigenvalue weighted by molar-refractivity contribution is 0.0513. The van der Waals surface area contributed by atoms with Gasteiger partial charge in [-0.25, -0.2) is 9.78 Å². The van der Waals surface area contributed by atoms with Crippen molar-refractivity contribution in [2.45, 2.75) is 45.2 Å². The Hall–Kier alpha value is -3.33. The molecule has 0 unspecified atom stereocenters. The zero-order chi connectivity index (χ0) is 24.7. The first-order valence-corrected chi connectivity index (χ1v) is 12.4. The number of aryl methyl sites for hydroxylation is 1. The Kier molecular flexibility index (Phi) is 6.27. The van der Waals surface area contributed by atoms with Crippen LogP contribution in [-0.2, 0) is 18.3 Å². The number of rotatable bonds is 7. The third-order valence-electron chi connectivity index (χ3n) is 6.98. The molecule has 0 bridgehead atoms. The predicted octanol–water partition coefficient (Wildman–Crippen LogP) is 3.20. The lowest BCUT2D eigenvalue weighted by atomic mass is 10.0. The molecule has 2 fully saturated rings. The summed E-state index contributed by atoms with van der Waals surface area (Å²) in [5.41, 5.74) is 9.48. The van der Waals surface area contributed by atoms with E-state index >= 15 is 0 Å². The zero-order valence-electron chi connectivity index (χ0n) is 20.6. The first-order chi connectivity index (χ1) is 16.9. The first-order valence-electron chi connectivity index (χ1n) is 12.4. The van der Waals surface area contributed by atoms with Gasteiger partial charge in [-0.15, -0.1) is 0 Å². The number of esters is 1. The van der Waals surface area contributed by atoms with Gasteiger partial charge in [0.15, 0.2) is 5.82 Å². The number of piperidine rings is 1. The largest absolute Gasteiger partial charge is 0.494 e. The highest BCUT2D eigenvalue weighted by Gasteiger charge is 2.29. The van der Waals surface area contributed by atoms with Crippen LogP contribution in [-0.4, -0.2) is 63.7 Å². The molecule has 1 aliphatic heterocycles. The van der Waals surface area contributed by atoms with Crippen molar-refractivity contribution in [3.05, 3.63) is 35.5 Å². The number of hydrogen-bond donors (Lipinski definition) is 1. The number of carbonyl (C=O) groups excluding carboxylic acids is 2. The summed E-state index contributed by atoms with van der Waals surface area (Å²) in [5, 5.41) is 0. The molecule has 1 aliphatic carbocycles. The van der Waals surface area contributed by atoms with Crippen LogP contribution in [0.3, 0.4) is 0 Å². The molecule has 2 N–H and O–H groups in total. The predicted molar refractivity (Wildman–Crippen MR) is 132 cm³/mol. The Morgan fingerprint density at radius 3 is 2.69 bits per heavy atom. The topological polar surface area (TPSA) is 105 Å². The van der Waals surface area contributed by atoms with Gasteiger partial charge in [-0.3, -0.25) is 4.79 Å². The van der Waals surface area contributed by atoms with Crippen LogP contribution in [0.1, 0.15) is 53.5 Å². The van der Waals surface area contributed by atoms with Gasteiger partial charge in [0.1, 0.15) is 17.0 Å². The molecule has 1 atom stereocenters. The van der Waals surface area contributed by atoms with Crippen molar-refractivity contribution in [2.75, 3.05) is 26.8 Å². The number of nitrogens with zero attached hydrogens (tertiary/aromatic N) is 4. The third kappa shape index (κ3) is 4.40. The molecule has 1 amide bonds. The molecular weight excluding hydrogens is 446 g/mol. The smallest absolute Gasteiger partial charge is 0.354 e. The van der Waals surface area contributed by atoms with Crippen molar-refractivity contribution >= 4 is 22.9 Å². The number of methoxy groups -OCH3 is 1. The molecule has 0 radical (unpaired) electrons. The first kappa shape index (κ1) is 23.4. The zero-order valence-corrected chi connectivity index (χ0v) is 20.6. The van der Waals surface area contributed by atoms with Gasteiger partial charge in [0.05, 0.1) is 24.9 Å². The van der Waals surface area contributed by atoms with E-state index in [4.69, 9.17) is 20.2 Å². The van der Waals surface area contributed by atoms with Gasteiger partial charge in [-0.05, 0) is 62.8 Å². The lowest BCUT2D eigenvalue weighted by Crippen LogP contribution is -2.45. The Balaban J connectivity index is 1.58. The van der Waals surface area contributed by atoms with Gasteiger partial charge in [0, 0.05) is 38.3 Å². The summed E-state index contributed by atoms with van der Waals surface area (Å²) < 4.78 is 15.0. The normalized spacial score (nSPS) is 18.2. The summed E-state index contributed by atoms with van der Waals surface area (Å²) in [4.78, 5) is 32.6. The lowest BCUT2D eigenvalue weighted by Gasteiger charge is -2.30. The van der Waals surface area contributed by atoms with Crippen molar-refractivity contribution in [3.63, 3.8) is 0 Å². The number of aromatic nitrogens is 3. The molecular formula is C26H33N5O4. The number of likely N-dealkylation sites (tertiary alicyclic amines) is 1. The van der Waals surface area contributed by atoms with E-state index in [1.165, 1.54) is 0 Å². The van der Waals surface area contributed by atoms with Crippen molar-refractivity contribution in [1.82, 2.24) is 19.0 Å². The maximum Gasteiger partial charge on any atom is 0.354 e. The molecule has 9 heteroatoms. The van der Waals surface area contributed by atoms with E-state index in [1.807, 2.05) is 33.2 Å². The number of amides is 1. The van der Waals surface area contributed by atoms with Crippen LogP contribution in [0.5, 0.6) is 5.75 Å². The van der Waals surface area contributed by atoms with E-state index in [9.17, 15) is 9.59 Å². The van der Waals surface area contributed by atoms with Crippen molar-refractivity contribution in [2.24, 2.45) is 18.7 Å². The van der Waals surface area contributed by atoms with E-state index in [0.717, 1.165) is 43.4 Å². The van der Waals surface area contributed by atoms with Gasteiger partial charge < -0.3 is 29.2 Å². The van der Waals surface area contributed by atoms with E-state index in [0.29, 0.717) is 54.0 Å². The average Bonchev–Trinajstić information content (AvgIpc) is 3.48. The van der Waals surface area contributed by atoms with E-state index in [2.05, 4.69) is 0 Å². The summed E-state index contributed by atoms with van der Waals surface area (Å²) in [6.45, 7) is 4.13. The van der Waals surface area contributed by atoms with Gasteiger partial charge in [0.25, 0.3) is 5.91 Å². The molecule has 3 heterocycles.